The Morgan fingerprint density at radius 2 is 2.11 bits per heavy atom. The first-order chi connectivity index (χ1) is 8.69. The fourth-order valence-electron chi connectivity index (χ4n) is 2.71. The van der Waals surface area contributed by atoms with Crippen LogP contribution in [-0.2, 0) is 19.6 Å². The number of fused-ring (bicyclic) bond motifs is 1. The Labute approximate surface area is 109 Å². The highest BCUT2D eigenvalue weighted by Gasteiger charge is 2.23. The van der Waals surface area contributed by atoms with Crippen molar-refractivity contribution in [3.8, 4) is 5.75 Å². The van der Waals surface area contributed by atoms with E-state index in [4.69, 9.17) is 4.74 Å². The Balaban J connectivity index is 2.35. The first-order valence-corrected chi connectivity index (χ1v) is 6.81. The van der Waals surface area contributed by atoms with E-state index in [1.54, 1.807) is 0 Å². The van der Waals surface area contributed by atoms with Crippen LogP contribution in [0.4, 0.5) is 0 Å². The highest BCUT2D eigenvalue weighted by atomic mass is 16.5. The van der Waals surface area contributed by atoms with Crippen LogP contribution in [-0.4, -0.2) is 29.2 Å². The van der Waals surface area contributed by atoms with Gasteiger partial charge in [0.1, 0.15) is 5.75 Å². The first-order valence-electron chi connectivity index (χ1n) is 6.81. The predicted octanol–water partition coefficient (Wildman–Crippen LogP) is 2.34. The molecule has 100 valence electrons. The topological polar surface area (TPSA) is 32.7 Å². The molecule has 1 aromatic carbocycles. The van der Waals surface area contributed by atoms with Gasteiger partial charge in [-0.3, -0.25) is 4.90 Å². The summed E-state index contributed by atoms with van der Waals surface area (Å²) < 4.78 is 5.61. The van der Waals surface area contributed by atoms with Crippen molar-refractivity contribution in [2.45, 2.75) is 46.4 Å². The molecule has 0 radical (unpaired) electrons. The van der Waals surface area contributed by atoms with E-state index in [1.807, 2.05) is 6.92 Å². The molecule has 0 aliphatic carbocycles. The molecule has 0 spiro atoms. The molecule has 2 rings (SSSR count). The summed E-state index contributed by atoms with van der Waals surface area (Å²) in [5.74, 6) is 0.837. The van der Waals surface area contributed by atoms with E-state index in [1.165, 1.54) is 11.1 Å². The van der Waals surface area contributed by atoms with Gasteiger partial charge in [-0.25, -0.2) is 0 Å². The maximum absolute atomic E-state index is 9.42. The Hall–Kier alpha value is -1.06. The van der Waals surface area contributed by atoms with Gasteiger partial charge >= 0.3 is 0 Å². The van der Waals surface area contributed by atoms with Crippen LogP contribution in [0.1, 0.15) is 37.5 Å². The van der Waals surface area contributed by atoms with Crippen LogP contribution >= 0.6 is 0 Å². The molecule has 3 heteroatoms. The predicted molar refractivity (Wildman–Crippen MR) is 72.8 cm³/mol. The third-order valence-corrected chi connectivity index (χ3v) is 3.77. The summed E-state index contributed by atoms with van der Waals surface area (Å²) in [5.41, 5.74) is 3.61. The standard InChI is InChI=1S/C15H23NO2/c1-4-16-9-13-8-15(18-5-2)14(10-17)7-12(13)6-11(16)3/h7-8,11,17H,4-6,9-10H2,1-3H3. The number of rotatable bonds is 4. The zero-order valence-electron chi connectivity index (χ0n) is 11.6. The van der Waals surface area contributed by atoms with Crippen LogP contribution in [0, 0.1) is 0 Å². The number of hydrogen-bond acceptors (Lipinski definition) is 3. The molecular formula is C15H23NO2. The molecule has 1 aliphatic rings. The molecule has 1 N–H and O–H groups in total. The van der Waals surface area contributed by atoms with Crippen molar-refractivity contribution in [1.29, 1.82) is 0 Å². The largest absolute Gasteiger partial charge is 0.493 e. The normalized spacial score (nSPS) is 19.7. The van der Waals surface area contributed by atoms with E-state index in [-0.39, 0.29) is 6.61 Å². The Morgan fingerprint density at radius 1 is 1.33 bits per heavy atom. The number of nitrogens with zero attached hydrogens (tertiary/aromatic N) is 1. The average Bonchev–Trinajstić information content (AvgIpc) is 2.38. The summed E-state index contributed by atoms with van der Waals surface area (Å²) in [6, 6.07) is 4.80. The van der Waals surface area contributed by atoms with Gasteiger partial charge in [-0.1, -0.05) is 6.92 Å². The highest BCUT2D eigenvalue weighted by Crippen LogP contribution is 2.30. The minimum atomic E-state index is 0.0501. The summed E-state index contributed by atoms with van der Waals surface area (Å²) in [6.07, 6.45) is 1.06. The number of likely N-dealkylation sites (N-methyl/N-ethyl adjacent to an activating group) is 1. The smallest absolute Gasteiger partial charge is 0.125 e. The van der Waals surface area contributed by atoms with Gasteiger partial charge in [-0.2, -0.15) is 0 Å². The second-order valence-electron chi connectivity index (χ2n) is 4.94. The van der Waals surface area contributed by atoms with Crippen molar-refractivity contribution >= 4 is 0 Å². The van der Waals surface area contributed by atoms with E-state index in [0.717, 1.165) is 30.8 Å². The van der Waals surface area contributed by atoms with Gasteiger partial charge in [0.2, 0.25) is 0 Å². The molecule has 0 saturated heterocycles. The summed E-state index contributed by atoms with van der Waals surface area (Å²) in [7, 11) is 0. The van der Waals surface area contributed by atoms with Crippen molar-refractivity contribution in [2.24, 2.45) is 0 Å². The molecule has 0 bridgehead atoms. The van der Waals surface area contributed by atoms with Gasteiger partial charge < -0.3 is 9.84 Å². The quantitative estimate of drug-likeness (QED) is 0.889. The minimum Gasteiger partial charge on any atom is -0.493 e. The van der Waals surface area contributed by atoms with Crippen LogP contribution in [0.2, 0.25) is 0 Å². The van der Waals surface area contributed by atoms with Crippen molar-refractivity contribution < 1.29 is 9.84 Å². The monoisotopic (exact) mass is 249 g/mol. The maximum Gasteiger partial charge on any atom is 0.125 e. The van der Waals surface area contributed by atoms with Gasteiger partial charge in [0, 0.05) is 18.2 Å². The molecule has 1 heterocycles. The number of ether oxygens (including phenoxy) is 1. The van der Waals surface area contributed by atoms with Gasteiger partial charge in [0.05, 0.1) is 13.2 Å². The van der Waals surface area contributed by atoms with Gasteiger partial charge in [-0.05, 0) is 50.1 Å². The summed E-state index contributed by atoms with van der Waals surface area (Å²) >= 11 is 0. The van der Waals surface area contributed by atoms with Crippen LogP contribution < -0.4 is 4.74 Å². The molecule has 1 unspecified atom stereocenters. The van der Waals surface area contributed by atoms with Crippen molar-refractivity contribution in [3.05, 3.63) is 28.8 Å². The Bertz CT molecular complexity index is 417. The molecule has 0 fully saturated rings. The SMILES string of the molecule is CCOc1cc2c(cc1CO)CC(C)N(CC)C2. The molecule has 1 atom stereocenters. The Kier molecular flexibility index (Phi) is 4.25. The fourth-order valence-corrected chi connectivity index (χ4v) is 2.71. The van der Waals surface area contributed by atoms with Crippen molar-refractivity contribution in [3.63, 3.8) is 0 Å². The van der Waals surface area contributed by atoms with Crippen LogP contribution in [0.15, 0.2) is 12.1 Å². The molecule has 0 saturated carbocycles. The lowest BCUT2D eigenvalue weighted by Crippen LogP contribution is -2.38. The number of aliphatic hydroxyl groups is 1. The lowest BCUT2D eigenvalue weighted by Gasteiger charge is -2.34. The maximum atomic E-state index is 9.42. The van der Waals surface area contributed by atoms with Crippen molar-refractivity contribution in [1.82, 2.24) is 4.90 Å². The van der Waals surface area contributed by atoms with Crippen LogP contribution in [0.25, 0.3) is 0 Å². The number of hydrogen-bond donors (Lipinski definition) is 1. The van der Waals surface area contributed by atoms with E-state index >= 15 is 0 Å². The molecule has 0 aromatic heterocycles. The van der Waals surface area contributed by atoms with Crippen LogP contribution in [0.5, 0.6) is 5.75 Å². The zero-order valence-corrected chi connectivity index (χ0v) is 11.6. The molecule has 18 heavy (non-hydrogen) atoms. The molecular weight excluding hydrogens is 226 g/mol. The van der Waals surface area contributed by atoms with E-state index in [2.05, 4.69) is 30.9 Å². The summed E-state index contributed by atoms with van der Waals surface area (Å²) in [5, 5.41) is 9.42. The minimum absolute atomic E-state index is 0.0501. The van der Waals surface area contributed by atoms with E-state index in [9.17, 15) is 5.11 Å². The number of aliphatic hydroxyl groups excluding tert-OH is 1. The second kappa shape index (κ2) is 5.72. The zero-order chi connectivity index (χ0) is 13.1. The van der Waals surface area contributed by atoms with Gasteiger partial charge in [0.25, 0.3) is 0 Å². The van der Waals surface area contributed by atoms with E-state index in [0.29, 0.717) is 12.6 Å². The highest BCUT2D eigenvalue weighted by molar-refractivity contribution is 5.44. The summed E-state index contributed by atoms with van der Waals surface area (Å²) in [4.78, 5) is 2.47. The summed E-state index contributed by atoms with van der Waals surface area (Å²) in [6.45, 7) is 9.19. The average molecular weight is 249 g/mol. The number of benzene rings is 1. The molecule has 1 aromatic rings. The van der Waals surface area contributed by atoms with Gasteiger partial charge in [-0.15, -0.1) is 0 Å². The molecule has 3 nitrogen and oxygen atoms in total. The third kappa shape index (κ3) is 2.52. The third-order valence-electron chi connectivity index (χ3n) is 3.77. The lowest BCUT2D eigenvalue weighted by atomic mass is 9.92. The molecule has 1 aliphatic heterocycles. The lowest BCUT2D eigenvalue weighted by molar-refractivity contribution is 0.193. The van der Waals surface area contributed by atoms with Crippen molar-refractivity contribution in [2.75, 3.05) is 13.2 Å². The second-order valence-corrected chi connectivity index (χ2v) is 4.94. The van der Waals surface area contributed by atoms with Crippen LogP contribution in [0.3, 0.4) is 0 Å². The Morgan fingerprint density at radius 3 is 2.72 bits per heavy atom. The van der Waals surface area contributed by atoms with E-state index < -0.39 is 0 Å². The fraction of sp³-hybridized carbons (Fsp3) is 0.600. The van der Waals surface area contributed by atoms with Gasteiger partial charge in [0.15, 0.2) is 0 Å². The molecule has 0 amide bonds. The first kappa shape index (κ1) is 13.4.